The zero-order valence-electron chi connectivity index (χ0n) is 10.5. The number of hydrogen-bond donors (Lipinski definition) is 0. The molecule has 2 rings (SSSR count). The summed E-state index contributed by atoms with van der Waals surface area (Å²) in [7, 11) is 1.56. The van der Waals surface area contributed by atoms with Crippen LogP contribution < -0.4 is 4.74 Å². The molecule has 0 aromatic heterocycles. The highest BCUT2D eigenvalue weighted by molar-refractivity contribution is 7.75. The fourth-order valence-corrected chi connectivity index (χ4v) is 2.48. The van der Waals surface area contributed by atoms with Crippen molar-refractivity contribution in [3.63, 3.8) is 0 Å². The summed E-state index contributed by atoms with van der Waals surface area (Å²) < 4.78 is 31.3. The highest BCUT2D eigenvalue weighted by Crippen LogP contribution is 2.33. The smallest absolute Gasteiger partial charge is 0.339 e. The van der Waals surface area contributed by atoms with Gasteiger partial charge in [0.1, 0.15) is 11.9 Å². The van der Waals surface area contributed by atoms with Crippen molar-refractivity contribution in [3.8, 4) is 5.75 Å². The number of ether oxygens (including phenoxy) is 2. The summed E-state index contributed by atoms with van der Waals surface area (Å²) >= 11 is -1.95. The second-order valence-electron chi connectivity index (χ2n) is 3.76. The summed E-state index contributed by atoms with van der Waals surface area (Å²) in [5.41, 5.74) is 0.671. The van der Waals surface area contributed by atoms with Crippen LogP contribution in [0.15, 0.2) is 24.3 Å². The molecule has 3 atom stereocenters. The van der Waals surface area contributed by atoms with Crippen LogP contribution in [-0.2, 0) is 29.3 Å². The maximum absolute atomic E-state index is 11.7. The topological polar surface area (TPSA) is 71.1 Å². The van der Waals surface area contributed by atoms with E-state index < -0.39 is 29.5 Å². The second kappa shape index (κ2) is 6.14. The van der Waals surface area contributed by atoms with Crippen molar-refractivity contribution in [1.82, 2.24) is 0 Å². The number of benzene rings is 1. The van der Waals surface area contributed by atoms with Crippen LogP contribution in [0.3, 0.4) is 0 Å². The first kappa shape index (κ1) is 14.0. The Morgan fingerprint density at radius 2 is 2.00 bits per heavy atom. The molecular formula is C12H14O6S. The highest BCUT2D eigenvalue weighted by atomic mass is 32.2. The van der Waals surface area contributed by atoms with Crippen LogP contribution in [0.25, 0.3) is 0 Å². The molecule has 1 unspecified atom stereocenters. The third-order valence-electron chi connectivity index (χ3n) is 2.60. The van der Waals surface area contributed by atoms with Crippen molar-refractivity contribution in [2.75, 3.05) is 13.7 Å². The van der Waals surface area contributed by atoms with E-state index in [9.17, 15) is 9.00 Å². The Kier molecular flexibility index (Phi) is 4.52. The molecule has 6 nitrogen and oxygen atoms in total. The van der Waals surface area contributed by atoms with Gasteiger partial charge in [0.05, 0.1) is 13.7 Å². The summed E-state index contributed by atoms with van der Waals surface area (Å²) in [6.07, 6.45) is -1.76. The van der Waals surface area contributed by atoms with Crippen LogP contribution in [0.1, 0.15) is 18.6 Å². The Morgan fingerprint density at radius 1 is 1.32 bits per heavy atom. The molecule has 7 heteroatoms. The third-order valence-corrected chi connectivity index (χ3v) is 3.33. The van der Waals surface area contributed by atoms with Crippen molar-refractivity contribution in [1.29, 1.82) is 0 Å². The van der Waals surface area contributed by atoms with E-state index in [0.29, 0.717) is 11.3 Å². The summed E-state index contributed by atoms with van der Waals surface area (Å²) in [4.78, 5) is 11.7. The lowest BCUT2D eigenvalue weighted by Crippen LogP contribution is -2.28. The van der Waals surface area contributed by atoms with Gasteiger partial charge in [0.15, 0.2) is 0 Å². The fourth-order valence-electron chi connectivity index (χ4n) is 1.70. The van der Waals surface area contributed by atoms with Gasteiger partial charge in [-0.2, -0.15) is 4.21 Å². The third kappa shape index (κ3) is 3.12. The van der Waals surface area contributed by atoms with E-state index >= 15 is 0 Å². The van der Waals surface area contributed by atoms with E-state index in [0.717, 1.165) is 0 Å². The number of carbonyl (C=O) groups is 1. The Hall–Kier alpha value is -1.44. The molecule has 0 N–H and O–H groups in total. The zero-order chi connectivity index (χ0) is 13.8. The Morgan fingerprint density at radius 3 is 2.58 bits per heavy atom. The van der Waals surface area contributed by atoms with Crippen LogP contribution in [0.5, 0.6) is 5.75 Å². The van der Waals surface area contributed by atoms with E-state index in [4.69, 9.17) is 17.8 Å². The van der Waals surface area contributed by atoms with E-state index in [1.165, 1.54) is 0 Å². The summed E-state index contributed by atoms with van der Waals surface area (Å²) in [5.74, 6) is 0.0886. The maximum Gasteiger partial charge on any atom is 0.339 e. The lowest BCUT2D eigenvalue weighted by atomic mass is 10.0. The molecule has 0 saturated carbocycles. The molecule has 0 amide bonds. The normalized spacial score (nSPS) is 26.1. The first-order valence-corrected chi connectivity index (χ1v) is 6.72. The number of methoxy groups -OCH3 is 1. The van der Waals surface area contributed by atoms with Gasteiger partial charge in [-0.05, 0) is 24.6 Å². The average Bonchev–Trinajstić information content (AvgIpc) is 2.81. The molecule has 1 saturated heterocycles. The molecule has 0 radical (unpaired) electrons. The quantitative estimate of drug-likeness (QED) is 0.777. The minimum atomic E-state index is -1.95. The van der Waals surface area contributed by atoms with Gasteiger partial charge in [0.25, 0.3) is 0 Å². The molecule has 1 aliphatic heterocycles. The summed E-state index contributed by atoms with van der Waals surface area (Å²) in [6, 6.07) is 6.90. The van der Waals surface area contributed by atoms with Gasteiger partial charge < -0.3 is 9.47 Å². The standard InChI is InChI=1S/C12H14O6S/c1-3-16-12(13)11-10(17-19(14)18-11)8-4-6-9(15-2)7-5-8/h4-7,10-11H,3H2,1-2H3/t10-,11+,19?/m1/s1. The predicted molar refractivity (Wildman–Crippen MR) is 66.5 cm³/mol. The molecule has 1 fully saturated rings. The van der Waals surface area contributed by atoms with Crippen LogP contribution >= 0.6 is 0 Å². The molecule has 1 aromatic rings. The lowest BCUT2D eigenvalue weighted by Gasteiger charge is -2.14. The van der Waals surface area contributed by atoms with Crippen molar-refractivity contribution < 1.29 is 26.8 Å². The Balaban J connectivity index is 2.19. The first-order valence-electron chi connectivity index (χ1n) is 5.72. The van der Waals surface area contributed by atoms with Crippen molar-refractivity contribution in [3.05, 3.63) is 29.8 Å². The van der Waals surface area contributed by atoms with Gasteiger partial charge >= 0.3 is 17.3 Å². The fraction of sp³-hybridized carbons (Fsp3) is 0.417. The van der Waals surface area contributed by atoms with Gasteiger partial charge in [-0.25, -0.2) is 8.98 Å². The van der Waals surface area contributed by atoms with Crippen LogP contribution in [0, 0.1) is 0 Å². The molecule has 1 heterocycles. The molecular weight excluding hydrogens is 272 g/mol. The van der Waals surface area contributed by atoms with E-state index in [1.807, 2.05) is 0 Å². The monoisotopic (exact) mass is 286 g/mol. The van der Waals surface area contributed by atoms with Crippen LogP contribution in [0.4, 0.5) is 0 Å². The molecule has 19 heavy (non-hydrogen) atoms. The average molecular weight is 286 g/mol. The Bertz CT molecular complexity index is 472. The van der Waals surface area contributed by atoms with Crippen LogP contribution in [-0.4, -0.2) is 30.0 Å². The second-order valence-corrected chi connectivity index (χ2v) is 4.56. The highest BCUT2D eigenvalue weighted by Gasteiger charge is 2.42. The van der Waals surface area contributed by atoms with Crippen molar-refractivity contribution in [2.45, 2.75) is 19.1 Å². The molecule has 0 bridgehead atoms. The van der Waals surface area contributed by atoms with Crippen molar-refractivity contribution in [2.24, 2.45) is 0 Å². The molecule has 0 spiro atoms. The van der Waals surface area contributed by atoms with Gasteiger partial charge in [-0.3, -0.25) is 4.18 Å². The van der Waals surface area contributed by atoms with Gasteiger partial charge in [0.2, 0.25) is 6.10 Å². The zero-order valence-corrected chi connectivity index (χ0v) is 11.3. The predicted octanol–water partition coefficient (Wildman–Crippen LogP) is 1.29. The molecule has 1 aliphatic rings. The minimum absolute atomic E-state index is 0.223. The Labute approximate surface area is 113 Å². The van der Waals surface area contributed by atoms with Gasteiger partial charge in [-0.1, -0.05) is 12.1 Å². The first-order chi connectivity index (χ1) is 9.15. The SMILES string of the molecule is CCOC(=O)[C@H]1OS(=O)O[C@@H]1c1ccc(OC)cc1. The van der Waals surface area contributed by atoms with Gasteiger partial charge in [0, 0.05) is 0 Å². The molecule has 0 aliphatic carbocycles. The summed E-state index contributed by atoms with van der Waals surface area (Å²) in [5, 5.41) is 0. The summed E-state index contributed by atoms with van der Waals surface area (Å²) in [6.45, 7) is 1.91. The van der Waals surface area contributed by atoms with E-state index in [-0.39, 0.29) is 6.61 Å². The van der Waals surface area contributed by atoms with Crippen LogP contribution in [0.2, 0.25) is 0 Å². The number of rotatable bonds is 4. The number of carbonyl (C=O) groups excluding carboxylic acids is 1. The van der Waals surface area contributed by atoms with E-state index in [1.54, 1.807) is 38.3 Å². The minimum Gasteiger partial charge on any atom is -0.497 e. The molecule has 1 aromatic carbocycles. The lowest BCUT2D eigenvalue weighted by molar-refractivity contribution is -0.152. The number of hydrogen-bond acceptors (Lipinski definition) is 6. The van der Waals surface area contributed by atoms with Crippen molar-refractivity contribution >= 4 is 17.3 Å². The van der Waals surface area contributed by atoms with Gasteiger partial charge in [-0.15, -0.1) is 0 Å². The largest absolute Gasteiger partial charge is 0.497 e. The molecule has 104 valence electrons. The number of esters is 1. The maximum atomic E-state index is 11.7. The van der Waals surface area contributed by atoms with E-state index in [2.05, 4.69) is 0 Å².